The van der Waals surface area contributed by atoms with Crippen molar-refractivity contribution in [1.82, 2.24) is 0 Å². The summed E-state index contributed by atoms with van der Waals surface area (Å²) in [5.41, 5.74) is 1.96. The summed E-state index contributed by atoms with van der Waals surface area (Å²) in [6.07, 6.45) is 1.00. The van der Waals surface area contributed by atoms with E-state index >= 15 is 0 Å². The Kier molecular flexibility index (Phi) is 3.28. The average Bonchev–Trinajstić information content (AvgIpc) is 2.03. The Morgan fingerprint density at radius 2 is 1.58 bits per heavy atom. The summed E-state index contributed by atoms with van der Waals surface area (Å²) in [7, 11) is 0. The molecule has 3 heteroatoms. The lowest BCUT2D eigenvalue weighted by Crippen LogP contribution is -1.99. The van der Waals surface area contributed by atoms with Crippen LogP contribution in [-0.2, 0) is 10.2 Å². The molecule has 0 nitrogen and oxygen atoms in total. The topological polar surface area (TPSA) is 0 Å². The van der Waals surface area contributed by atoms with Gasteiger partial charge in [-0.1, -0.05) is 66.0 Å². The lowest BCUT2D eigenvalue weighted by molar-refractivity contribution is 1.12. The van der Waals surface area contributed by atoms with E-state index in [0.717, 1.165) is 6.42 Å². The maximum absolute atomic E-state index is 5.68. The Morgan fingerprint density at radius 1 is 1.08 bits per heavy atom. The maximum Gasteiger partial charge on any atom is 0.216 e. The van der Waals surface area contributed by atoms with Crippen LogP contribution in [0.25, 0.3) is 0 Å². The van der Waals surface area contributed by atoms with E-state index in [9.17, 15) is 0 Å². The number of hydrogen-bond donors (Lipinski definition) is 0. The van der Waals surface area contributed by atoms with Gasteiger partial charge in [0.2, 0.25) is 3.79 Å². The molecule has 0 unspecified atom stereocenters. The first-order chi connectivity index (χ1) is 5.54. The monoisotopic (exact) mass is 222 g/mol. The van der Waals surface area contributed by atoms with Gasteiger partial charge in [-0.05, 0) is 12.0 Å². The molecule has 0 spiro atoms. The van der Waals surface area contributed by atoms with Crippen LogP contribution in [0.2, 0.25) is 0 Å². The van der Waals surface area contributed by atoms with Gasteiger partial charge in [0.25, 0.3) is 0 Å². The van der Waals surface area contributed by atoms with Crippen molar-refractivity contribution in [2.24, 2.45) is 0 Å². The Balaban J connectivity index is 2.93. The van der Waals surface area contributed by atoms with E-state index in [1.165, 1.54) is 5.56 Å². The molecule has 0 fully saturated rings. The van der Waals surface area contributed by atoms with Crippen molar-refractivity contribution in [1.29, 1.82) is 0 Å². The Morgan fingerprint density at radius 3 is 1.92 bits per heavy atom. The Labute approximate surface area is 87.4 Å². The summed E-state index contributed by atoms with van der Waals surface area (Å²) in [5.74, 6) is 0. The quantitative estimate of drug-likeness (QED) is 0.630. The lowest BCUT2D eigenvalue weighted by Gasteiger charge is -2.10. The van der Waals surface area contributed by atoms with Crippen molar-refractivity contribution >= 4 is 34.8 Å². The van der Waals surface area contributed by atoms with Crippen LogP contribution in [0.1, 0.15) is 18.1 Å². The molecule has 0 bridgehead atoms. The summed E-state index contributed by atoms with van der Waals surface area (Å²) in [6.45, 7) is 2.09. The van der Waals surface area contributed by atoms with Gasteiger partial charge < -0.3 is 0 Å². The number of halogens is 3. The predicted molar refractivity (Wildman–Crippen MR) is 55.1 cm³/mol. The fourth-order valence-corrected chi connectivity index (χ4v) is 1.31. The van der Waals surface area contributed by atoms with Gasteiger partial charge >= 0.3 is 0 Å². The average molecular weight is 224 g/mol. The highest BCUT2D eigenvalue weighted by atomic mass is 35.6. The first-order valence-electron chi connectivity index (χ1n) is 3.70. The third-order valence-electron chi connectivity index (χ3n) is 1.69. The molecule has 1 rings (SSSR count). The van der Waals surface area contributed by atoms with Crippen LogP contribution in [0.15, 0.2) is 24.3 Å². The van der Waals surface area contributed by atoms with E-state index in [1.54, 1.807) is 0 Å². The Hall–Kier alpha value is 0.0900. The van der Waals surface area contributed by atoms with Gasteiger partial charge in [-0.25, -0.2) is 0 Å². The molecule has 0 aliphatic heterocycles. The SMILES string of the molecule is CCc1ccc(C(Cl)(Cl)Cl)cc1. The molecule has 0 atom stereocenters. The van der Waals surface area contributed by atoms with Crippen LogP contribution in [0.4, 0.5) is 0 Å². The molecule has 0 amide bonds. The minimum absolute atomic E-state index is 0.713. The van der Waals surface area contributed by atoms with E-state index in [-0.39, 0.29) is 0 Å². The smallest absolute Gasteiger partial charge is 0.0784 e. The summed E-state index contributed by atoms with van der Waals surface area (Å²) in [4.78, 5) is 0. The van der Waals surface area contributed by atoms with E-state index in [2.05, 4.69) is 6.92 Å². The van der Waals surface area contributed by atoms with Crippen LogP contribution in [0.5, 0.6) is 0 Å². The van der Waals surface area contributed by atoms with Crippen LogP contribution < -0.4 is 0 Å². The molecule has 0 N–H and O–H groups in total. The zero-order valence-corrected chi connectivity index (χ0v) is 8.92. The maximum atomic E-state index is 5.68. The largest absolute Gasteiger partial charge is 0.216 e. The molecule has 1 aromatic rings. The van der Waals surface area contributed by atoms with E-state index < -0.39 is 3.79 Å². The second-order valence-electron chi connectivity index (χ2n) is 2.55. The zero-order valence-electron chi connectivity index (χ0n) is 6.65. The second kappa shape index (κ2) is 3.87. The fourth-order valence-electron chi connectivity index (χ4n) is 0.929. The minimum Gasteiger partial charge on any atom is -0.0784 e. The number of alkyl halides is 3. The summed E-state index contributed by atoms with van der Waals surface area (Å²) < 4.78 is -1.30. The van der Waals surface area contributed by atoms with Gasteiger partial charge in [0.05, 0.1) is 0 Å². The highest BCUT2D eigenvalue weighted by molar-refractivity contribution is 6.66. The van der Waals surface area contributed by atoms with Crippen molar-refractivity contribution in [3.63, 3.8) is 0 Å². The van der Waals surface area contributed by atoms with E-state index in [4.69, 9.17) is 34.8 Å². The lowest BCUT2D eigenvalue weighted by atomic mass is 10.1. The van der Waals surface area contributed by atoms with Gasteiger partial charge in [-0.3, -0.25) is 0 Å². The predicted octanol–water partition coefficient (Wildman–Crippen LogP) is 4.08. The molecule has 0 heterocycles. The first kappa shape index (κ1) is 10.2. The molecule has 0 aromatic heterocycles. The standard InChI is InChI=1S/C9H9Cl3/c1-2-7-3-5-8(6-4-7)9(10,11)12/h3-6H,2H2,1H3. The molecule has 0 saturated carbocycles. The van der Waals surface area contributed by atoms with Crippen molar-refractivity contribution in [3.05, 3.63) is 35.4 Å². The summed E-state index contributed by atoms with van der Waals surface area (Å²) in [5, 5.41) is 0. The van der Waals surface area contributed by atoms with Crippen LogP contribution in [-0.4, -0.2) is 0 Å². The second-order valence-corrected chi connectivity index (χ2v) is 4.83. The molecule has 1 aromatic carbocycles. The number of hydrogen-bond acceptors (Lipinski definition) is 0. The number of rotatable bonds is 1. The van der Waals surface area contributed by atoms with Gasteiger partial charge in [-0.15, -0.1) is 0 Å². The molecule has 0 radical (unpaired) electrons. The van der Waals surface area contributed by atoms with Crippen molar-refractivity contribution in [2.75, 3.05) is 0 Å². The van der Waals surface area contributed by atoms with E-state index in [1.807, 2.05) is 24.3 Å². The highest BCUT2D eigenvalue weighted by Gasteiger charge is 2.21. The molecule has 0 saturated heterocycles. The van der Waals surface area contributed by atoms with E-state index in [0.29, 0.717) is 5.56 Å². The van der Waals surface area contributed by atoms with Crippen LogP contribution in [0, 0.1) is 0 Å². The van der Waals surface area contributed by atoms with Crippen molar-refractivity contribution < 1.29 is 0 Å². The van der Waals surface area contributed by atoms with Crippen LogP contribution >= 0.6 is 34.8 Å². The Bertz CT molecular complexity index is 245. The molecule has 66 valence electrons. The first-order valence-corrected chi connectivity index (χ1v) is 4.83. The van der Waals surface area contributed by atoms with Crippen molar-refractivity contribution in [2.45, 2.75) is 17.1 Å². The number of aryl methyl sites for hydroxylation is 1. The normalized spacial score (nSPS) is 11.7. The van der Waals surface area contributed by atoms with Gasteiger partial charge in [-0.2, -0.15) is 0 Å². The van der Waals surface area contributed by atoms with Crippen LogP contribution in [0.3, 0.4) is 0 Å². The van der Waals surface area contributed by atoms with Crippen molar-refractivity contribution in [3.8, 4) is 0 Å². The summed E-state index contributed by atoms with van der Waals surface area (Å²) >= 11 is 17.1. The molecule has 0 aliphatic carbocycles. The number of benzene rings is 1. The summed E-state index contributed by atoms with van der Waals surface area (Å²) in [6, 6.07) is 7.62. The van der Waals surface area contributed by atoms with Gasteiger partial charge in [0, 0.05) is 5.56 Å². The molecular weight excluding hydrogens is 214 g/mol. The third kappa shape index (κ3) is 2.55. The molecular formula is C9H9Cl3. The molecule has 12 heavy (non-hydrogen) atoms. The van der Waals surface area contributed by atoms with Gasteiger partial charge in [0.1, 0.15) is 0 Å². The molecule has 0 aliphatic rings. The highest BCUT2D eigenvalue weighted by Crippen LogP contribution is 2.37. The van der Waals surface area contributed by atoms with Gasteiger partial charge in [0.15, 0.2) is 0 Å². The minimum atomic E-state index is -1.30. The third-order valence-corrected chi connectivity index (χ3v) is 2.34. The fraction of sp³-hybridized carbons (Fsp3) is 0.333. The zero-order chi connectivity index (χ0) is 9.19.